The third kappa shape index (κ3) is 3.74. The Balaban J connectivity index is 3.48. The molecule has 1 aromatic rings. The first-order valence-electron chi connectivity index (χ1n) is 5.29. The van der Waals surface area contributed by atoms with Crippen molar-refractivity contribution < 1.29 is 27.5 Å². The average Bonchev–Trinajstić information content (AvgIpc) is 2.36. The first-order valence-corrected chi connectivity index (χ1v) is 6.10. The van der Waals surface area contributed by atoms with Crippen LogP contribution in [0.1, 0.15) is 33.2 Å². The summed E-state index contributed by atoms with van der Waals surface area (Å²) in [7, 11) is 0. The molecule has 0 saturated carbocycles. The van der Waals surface area contributed by atoms with Crippen LogP contribution in [0.4, 0.5) is 13.2 Å². The van der Waals surface area contributed by atoms with Crippen molar-refractivity contribution in [2.45, 2.75) is 17.3 Å². The van der Waals surface area contributed by atoms with Gasteiger partial charge in [0, 0.05) is 10.5 Å². The van der Waals surface area contributed by atoms with Gasteiger partial charge in [0.1, 0.15) is 0 Å². The van der Waals surface area contributed by atoms with Gasteiger partial charge in [-0.2, -0.15) is 18.4 Å². The molecule has 1 aromatic carbocycles. The van der Waals surface area contributed by atoms with Gasteiger partial charge in [0.15, 0.2) is 6.29 Å². The van der Waals surface area contributed by atoms with Crippen LogP contribution in [0.5, 0.6) is 0 Å². The van der Waals surface area contributed by atoms with Crippen LogP contribution in [0.2, 0.25) is 0 Å². The first kappa shape index (κ1) is 16.0. The van der Waals surface area contributed by atoms with Crippen molar-refractivity contribution >= 4 is 24.0 Å². The van der Waals surface area contributed by atoms with Crippen LogP contribution in [0.3, 0.4) is 0 Å². The maximum absolute atomic E-state index is 12.5. The van der Waals surface area contributed by atoms with E-state index in [1.165, 1.54) is 6.92 Å². The van der Waals surface area contributed by atoms with Crippen LogP contribution in [-0.4, -0.2) is 24.4 Å². The molecular formula is C12H8F3NO3S. The summed E-state index contributed by atoms with van der Waals surface area (Å²) in [4.78, 5) is 21.9. The first-order chi connectivity index (χ1) is 9.34. The van der Waals surface area contributed by atoms with E-state index in [-0.39, 0.29) is 18.5 Å². The summed E-state index contributed by atoms with van der Waals surface area (Å²) in [6.45, 7) is 1.48. The molecule has 0 saturated heterocycles. The maximum Gasteiger partial charge on any atom is 0.446 e. The monoisotopic (exact) mass is 303 g/mol. The summed E-state index contributed by atoms with van der Waals surface area (Å²) in [6.07, 6.45) is 0.120. The zero-order chi connectivity index (χ0) is 15.3. The van der Waals surface area contributed by atoms with E-state index in [1.54, 1.807) is 6.07 Å². The van der Waals surface area contributed by atoms with Crippen LogP contribution in [-0.2, 0) is 4.74 Å². The molecule has 0 spiro atoms. The fourth-order valence-corrected chi connectivity index (χ4v) is 2.17. The zero-order valence-corrected chi connectivity index (χ0v) is 11.0. The van der Waals surface area contributed by atoms with E-state index in [0.717, 1.165) is 12.1 Å². The second kappa shape index (κ2) is 6.43. The van der Waals surface area contributed by atoms with Crippen molar-refractivity contribution in [2.24, 2.45) is 0 Å². The predicted octanol–water partition coefficient (Wildman–Crippen LogP) is 3.16. The number of hydrogen-bond acceptors (Lipinski definition) is 5. The zero-order valence-electron chi connectivity index (χ0n) is 10.2. The number of aldehydes is 1. The van der Waals surface area contributed by atoms with E-state index in [9.17, 15) is 22.8 Å². The molecular weight excluding hydrogens is 295 g/mol. The van der Waals surface area contributed by atoms with Crippen LogP contribution in [0, 0.1) is 11.3 Å². The number of rotatable bonds is 4. The minimum absolute atomic E-state index is 0.0224. The number of nitriles is 1. The second-order valence-electron chi connectivity index (χ2n) is 3.40. The molecule has 0 aliphatic heterocycles. The van der Waals surface area contributed by atoms with Gasteiger partial charge in [-0.15, -0.1) is 0 Å². The molecule has 1 rings (SSSR count). The number of carbonyl (C=O) groups is 2. The molecule has 0 fully saturated rings. The highest BCUT2D eigenvalue weighted by molar-refractivity contribution is 8.00. The molecule has 0 atom stereocenters. The summed E-state index contributed by atoms with van der Waals surface area (Å²) >= 11 is -0.621. The molecule has 20 heavy (non-hydrogen) atoms. The summed E-state index contributed by atoms with van der Waals surface area (Å²) < 4.78 is 42.2. The SMILES string of the molecule is CCOC(=O)c1ccc(C#N)c(C=O)c1SC(F)(F)F. The molecule has 4 nitrogen and oxygen atoms in total. The van der Waals surface area contributed by atoms with Gasteiger partial charge in [0.2, 0.25) is 0 Å². The maximum atomic E-state index is 12.5. The molecule has 0 aliphatic carbocycles. The lowest BCUT2D eigenvalue weighted by atomic mass is 10.1. The Bertz CT molecular complexity index is 579. The van der Waals surface area contributed by atoms with E-state index < -0.39 is 39.3 Å². The Hall–Kier alpha value is -2.01. The third-order valence-corrected chi connectivity index (χ3v) is 3.02. The highest BCUT2D eigenvalue weighted by Crippen LogP contribution is 2.41. The Morgan fingerprint density at radius 1 is 1.50 bits per heavy atom. The fourth-order valence-electron chi connectivity index (χ4n) is 1.41. The standard InChI is InChI=1S/C12H8F3NO3S/c1-2-19-11(18)8-4-3-7(5-16)9(6-17)10(8)20-12(13,14)15/h3-4,6H,2H2,1H3. The average molecular weight is 303 g/mol. The third-order valence-electron chi connectivity index (χ3n) is 2.15. The number of halogens is 3. The van der Waals surface area contributed by atoms with Crippen molar-refractivity contribution in [3.8, 4) is 6.07 Å². The highest BCUT2D eigenvalue weighted by Gasteiger charge is 2.34. The fraction of sp³-hybridized carbons (Fsp3) is 0.250. The van der Waals surface area contributed by atoms with Crippen molar-refractivity contribution in [1.29, 1.82) is 5.26 Å². The van der Waals surface area contributed by atoms with Gasteiger partial charge >= 0.3 is 11.5 Å². The van der Waals surface area contributed by atoms with E-state index in [0.29, 0.717) is 0 Å². The predicted molar refractivity (Wildman–Crippen MR) is 64.4 cm³/mol. The smallest absolute Gasteiger partial charge is 0.446 e. The molecule has 0 unspecified atom stereocenters. The molecule has 0 radical (unpaired) electrons. The van der Waals surface area contributed by atoms with Crippen molar-refractivity contribution in [3.63, 3.8) is 0 Å². The number of nitrogens with zero attached hydrogens (tertiary/aromatic N) is 1. The molecule has 0 amide bonds. The normalized spacial score (nSPS) is 10.8. The van der Waals surface area contributed by atoms with Crippen molar-refractivity contribution in [3.05, 3.63) is 28.8 Å². The van der Waals surface area contributed by atoms with Gasteiger partial charge in [0.25, 0.3) is 0 Å². The van der Waals surface area contributed by atoms with Crippen molar-refractivity contribution in [2.75, 3.05) is 6.61 Å². The Morgan fingerprint density at radius 2 is 2.15 bits per heavy atom. The van der Waals surface area contributed by atoms with Crippen LogP contribution in [0.25, 0.3) is 0 Å². The minimum atomic E-state index is -4.70. The van der Waals surface area contributed by atoms with Crippen molar-refractivity contribution in [1.82, 2.24) is 0 Å². The van der Waals surface area contributed by atoms with E-state index in [1.807, 2.05) is 0 Å². The lowest BCUT2D eigenvalue weighted by Gasteiger charge is -2.13. The Morgan fingerprint density at radius 3 is 2.60 bits per heavy atom. The number of esters is 1. The minimum Gasteiger partial charge on any atom is -0.462 e. The van der Waals surface area contributed by atoms with E-state index >= 15 is 0 Å². The van der Waals surface area contributed by atoms with Crippen LogP contribution in [0.15, 0.2) is 17.0 Å². The van der Waals surface area contributed by atoms with E-state index in [2.05, 4.69) is 4.74 Å². The van der Waals surface area contributed by atoms with Crippen LogP contribution >= 0.6 is 11.8 Å². The number of hydrogen-bond donors (Lipinski definition) is 0. The highest BCUT2D eigenvalue weighted by atomic mass is 32.2. The topological polar surface area (TPSA) is 67.2 Å². The van der Waals surface area contributed by atoms with Gasteiger partial charge in [-0.1, -0.05) is 0 Å². The molecule has 0 N–H and O–H groups in total. The molecule has 106 valence electrons. The largest absolute Gasteiger partial charge is 0.462 e. The molecule has 0 aromatic heterocycles. The van der Waals surface area contributed by atoms with Crippen LogP contribution < -0.4 is 0 Å². The number of thioether (sulfide) groups is 1. The Labute approximate surface area is 116 Å². The molecule has 0 bridgehead atoms. The van der Waals surface area contributed by atoms with Gasteiger partial charge in [-0.3, -0.25) is 4.79 Å². The van der Waals surface area contributed by atoms with Gasteiger partial charge in [-0.25, -0.2) is 4.79 Å². The lowest BCUT2D eigenvalue weighted by molar-refractivity contribution is -0.0328. The van der Waals surface area contributed by atoms with Gasteiger partial charge in [0.05, 0.1) is 23.8 Å². The summed E-state index contributed by atoms with van der Waals surface area (Å²) in [6, 6.07) is 3.75. The lowest BCUT2D eigenvalue weighted by Crippen LogP contribution is -2.11. The molecule has 8 heteroatoms. The van der Waals surface area contributed by atoms with E-state index in [4.69, 9.17) is 5.26 Å². The summed E-state index contributed by atoms with van der Waals surface area (Å²) in [5.41, 5.74) is -5.80. The van der Waals surface area contributed by atoms with Gasteiger partial charge in [-0.05, 0) is 30.8 Å². The second-order valence-corrected chi connectivity index (χ2v) is 4.48. The number of benzene rings is 1. The Kier molecular flexibility index (Phi) is 5.16. The summed E-state index contributed by atoms with van der Waals surface area (Å²) in [5.74, 6) is -0.980. The summed E-state index contributed by atoms with van der Waals surface area (Å²) in [5, 5.41) is 8.79. The molecule has 0 heterocycles. The number of carbonyl (C=O) groups excluding carboxylic acids is 2. The number of alkyl halides is 3. The quantitative estimate of drug-likeness (QED) is 0.485. The molecule has 0 aliphatic rings. The number of ether oxygens (including phenoxy) is 1. The van der Waals surface area contributed by atoms with Gasteiger partial charge < -0.3 is 4.74 Å².